The van der Waals surface area contributed by atoms with Gasteiger partial charge in [0, 0.05) is 4.90 Å². The molecule has 0 bridgehead atoms. The van der Waals surface area contributed by atoms with Crippen LogP contribution >= 0.6 is 11.8 Å². The van der Waals surface area contributed by atoms with Crippen molar-refractivity contribution in [3.63, 3.8) is 0 Å². The molecule has 0 amide bonds. The smallest absolute Gasteiger partial charge is 0.239 e. The van der Waals surface area contributed by atoms with Crippen LogP contribution in [0.25, 0.3) is 11.0 Å². The van der Waals surface area contributed by atoms with Gasteiger partial charge in [-0.25, -0.2) is 9.97 Å². The summed E-state index contributed by atoms with van der Waals surface area (Å²) >= 11 is 0.971. The molecule has 0 aliphatic heterocycles. The molecule has 2 aromatic carbocycles. The highest BCUT2D eigenvalue weighted by Crippen LogP contribution is 2.38. The Hall–Kier alpha value is -2.08. The number of nitrogens with zero attached hydrogens (tertiary/aromatic N) is 2. The molecule has 112 valence electrons. The lowest BCUT2D eigenvalue weighted by molar-refractivity contribution is -0.143. The summed E-state index contributed by atoms with van der Waals surface area (Å²) in [5.74, 6) is 0. The summed E-state index contributed by atoms with van der Waals surface area (Å²) in [4.78, 5) is 8.59. The van der Waals surface area contributed by atoms with E-state index in [2.05, 4.69) is 9.97 Å². The number of hydrogen-bond donors (Lipinski definition) is 0. The standard InChI is InChI=1S/C16H11F3N2S/c1-10-6-8-11(9-7-10)22-15-14(16(17,18)19)20-12-4-2-3-5-13(12)21-15/h2-9H,1H3. The van der Waals surface area contributed by atoms with Gasteiger partial charge in [0.2, 0.25) is 0 Å². The van der Waals surface area contributed by atoms with Gasteiger partial charge in [0.05, 0.1) is 11.0 Å². The van der Waals surface area contributed by atoms with Crippen molar-refractivity contribution >= 4 is 22.8 Å². The number of rotatable bonds is 2. The SMILES string of the molecule is Cc1ccc(Sc2nc3ccccc3nc2C(F)(F)F)cc1. The Morgan fingerprint density at radius 2 is 1.45 bits per heavy atom. The van der Waals surface area contributed by atoms with Gasteiger partial charge in [-0.1, -0.05) is 41.6 Å². The molecule has 0 saturated carbocycles. The maximum atomic E-state index is 13.2. The summed E-state index contributed by atoms with van der Waals surface area (Å²) in [5, 5.41) is -0.130. The molecule has 1 heterocycles. The molecule has 0 aliphatic carbocycles. The minimum Gasteiger partial charge on any atom is -0.239 e. The van der Waals surface area contributed by atoms with Gasteiger partial charge in [-0.15, -0.1) is 0 Å². The van der Waals surface area contributed by atoms with Crippen LogP contribution in [0.4, 0.5) is 13.2 Å². The largest absolute Gasteiger partial charge is 0.436 e. The Morgan fingerprint density at radius 1 is 0.864 bits per heavy atom. The van der Waals surface area contributed by atoms with E-state index < -0.39 is 11.9 Å². The predicted octanol–water partition coefficient (Wildman–Crippen LogP) is 5.11. The fourth-order valence-corrected chi connectivity index (χ4v) is 2.86. The van der Waals surface area contributed by atoms with Gasteiger partial charge in [-0.3, -0.25) is 0 Å². The van der Waals surface area contributed by atoms with Crippen molar-refractivity contribution < 1.29 is 13.2 Å². The van der Waals surface area contributed by atoms with Crippen LogP contribution in [0.1, 0.15) is 11.3 Å². The number of fused-ring (bicyclic) bond motifs is 1. The number of aromatic nitrogens is 2. The van der Waals surface area contributed by atoms with Crippen molar-refractivity contribution in [3.05, 3.63) is 59.8 Å². The quantitative estimate of drug-likeness (QED) is 0.656. The molecule has 3 aromatic rings. The maximum Gasteiger partial charge on any atom is 0.436 e. The second-order valence-electron chi connectivity index (χ2n) is 4.78. The van der Waals surface area contributed by atoms with Crippen LogP contribution < -0.4 is 0 Å². The van der Waals surface area contributed by atoms with Crippen LogP contribution in [-0.2, 0) is 6.18 Å². The van der Waals surface area contributed by atoms with Gasteiger partial charge in [0.25, 0.3) is 0 Å². The van der Waals surface area contributed by atoms with Gasteiger partial charge < -0.3 is 0 Å². The van der Waals surface area contributed by atoms with E-state index in [-0.39, 0.29) is 10.5 Å². The van der Waals surface area contributed by atoms with Crippen LogP contribution in [0.3, 0.4) is 0 Å². The van der Waals surface area contributed by atoms with E-state index in [1.807, 2.05) is 19.1 Å². The average Bonchev–Trinajstić information content (AvgIpc) is 2.48. The Labute approximate surface area is 129 Å². The number of aryl methyl sites for hydroxylation is 1. The molecule has 0 fully saturated rings. The Morgan fingerprint density at radius 3 is 2.05 bits per heavy atom. The van der Waals surface area contributed by atoms with E-state index in [0.717, 1.165) is 17.3 Å². The van der Waals surface area contributed by atoms with Gasteiger partial charge in [0.1, 0.15) is 5.03 Å². The molecule has 0 N–H and O–H groups in total. The molecule has 0 saturated heterocycles. The first-order chi connectivity index (χ1) is 10.4. The molecule has 1 aromatic heterocycles. The molecule has 0 unspecified atom stereocenters. The van der Waals surface area contributed by atoms with Gasteiger partial charge in [0.15, 0.2) is 5.69 Å². The van der Waals surface area contributed by atoms with Crippen LogP contribution in [0.5, 0.6) is 0 Å². The molecule has 3 rings (SSSR count). The number of halogens is 3. The summed E-state index contributed by atoms with van der Waals surface area (Å²) in [5.41, 5.74) is 0.787. The molecular weight excluding hydrogens is 309 g/mol. The summed E-state index contributed by atoms with van der Waals surface area (Å²) in [6, 6.07) is 13.8. The molecule has 2 nitrogen and oxygen atoms in total. The lowest BCUT2D eigenvalue weighted by Gasteiger charge is -2.12. The summed E-state index contributed by atoms with van der Waals surface area (Å²) in [6.45, 7) is 1.92. The average molecular weight is 320 g/mol. The third kappa shape index (κ3) is 3.06. The fourth-order valence-electron chi connectivity index (χ4n) is 1.96. The van der Waals surface area contributed by atoms with Crippen molar-refractivity contribution in [2.45, 2.75) is 23.0 Å². The van der Waals surface area contributed by atoms with Crippen LogP contribution in [0.15, 0.2) is 58.5 Å². The number of benzene rings is 2. The Bertz CT molecular complexity index is 814. The van der Waals surface area contributed by atoms with E-state index in [0.29, 0.717) is 10.4 Å². The predicted molar refractivity (Wildman–Crippen MR) is 79.8 cm³/mol. The third-order valence-electron chi connectivity index (χ3n) is 3.04. The zero-order valence-corrected chi connectivity index (χ0v) is 12.4. The van der Waals surface area contributed by atoms with Crippen molar-refractivity contribution in [2.75, 3.05) is 0 Å². The summed E-state index contributed by atoms with van der Waals surface area (Å²) in [6.07, 6.45) is -4.54. The monoisotopic (exact) mass is 320 g/mol. The lowest BCUT2D eigenvalue weighted by Crippen LogP contribution is -2.11. The molecular formula is C16H11F3N2S. The molecule has 0 spiro atoms. The van der Waals surface area contributed by atoms with E-state index in [1.165, 1.54) is 6.07 Å². The Kier molecular flexibility index (Phi) is 3.78. The van der Waals surface area contributed by atoms with Crippen molar-refractivity contribution in [1.82, 2.24) is 9.97 Å². The van der Waals surface area contributed by atoms with E-state index in [9.17, 15) is 13.2 Å². The minimum atomic E-state index is -4.54. The first kappa shape index (κ1) is 14.8. The first-order valence-corrected chi connectivity index (χ1v) is 7.33. The second-order valence-corrected chi connectivity index (χ2v) is 5.84. The summed E-state index contributed by atoms with van der Waals surface area (Å²) < 4.78 is 39.7. The molecule has 6 heteroatoms. The topological polar surface area (TPSA) is 25.8 Å². The first-order valence-electron chi connectivity index (χ1n) is 6.52. The number of hydrogen-bond acceptors (Lipinski definition) is 3. The third-order valence-corrected chi connectivity index (χ3v) is 4.03. The van der Waals surface area contributed by atoms with Crippen molar-refractivity contribution in [1.29, 1.82) is 0 Å². The summed E-state index contributed by atoms with van der Waals surface area (Å²) in [7, 11) is 0. The molecule has 0 atom stereocenters. The van der Waals surface area contributed by atoms with E-state index in [1.54, 1.807) is 30.3 Å². The maximum absolute atomic E-state index is 13.2. The zero-order chi connectivity index (χ0) is 15.7. The van der Waals surface area contributed by atoms with Crippen LogP contribution in [-0.4, -0.2) is 9.97 Å². The van der Waals surface area contributed by atoms with Gasteiger partial charge in [-0.2, -0.15) is 13.2 Å². The van der Waals surface area contributed by atoms with Crippen LogP contribution in [0, 0.1) is 6.92 Å². The number of alkyl halides is 3. The highest BCUT2D eigenvalue weighted by molar-refractivity contribution is 7.99. The number of para-hydroxylation sites is 2. The van der Waals surface area contributed by atoms with E-state index >= 15 is 0 Å². The minimum absolute atomic E-state index is 0.130. The molecule has 0 radical (unpaired) electrons. The Balaban J connectivity index is 2.11. The van der Waals surface area contributed by atoms with E-state index in [4.69, 9.17) is 0 Å². The van der Waals surface area contributed by atoms with Crippen molar-refractivity contribution in [3.8, 4) is 0 Å². The fraction of sp³-hybridized carbons (Fsp3) is 0.125. The zero-order valence-electron chi connectivity index (χ0n) is 11.6. The van der Waals surface area contributed by atoms with Gasteiger partial charge >= 0.3 is 6.18 Å². The highest BCUT2D eigenvalue weighted by atomic mass is 32.2. The lowest BCUT2D eigenvalue weighted by atomic mass is 10.2. The molecule has 22 heavy (non-hydrogen) atoms. The highest BCUT2D eigenvalue weighted by Gasteiger charge is 2.37. The van der Waals surface area contributed by atoms with Crippen molar-refractivity contribution in [2.24, 2.45) is 0 Å². The van der Waals surface area contributed by atoms with Crippen LogP contribution in [0.2, 0.25) is 0 Å². The second kappa shape index (κ2) is 5.61. The normalized spacial score (nSPS) is 11.8. The molecule has 0 aliphatic rings. The van der Waals surface area contributed by atoms with Gasteiger partial charge in [-0.05, 0) is 31.2 Å².